The van der Waals surface area contributed by atoms with Crippen molar-refractivity contribution in [2.75, 3.05) is 5.75 Å². The van der Waals surface area contributed by atoms with Gasteiger partial charge >= 0.3 is 0 Å². The van der Waals surface area contributed by atoms with E-state index in [1.165, 1.54) is 12.1 Å². The van der Waals surface area contributed by atoms with E-state index >= 15 is 0 Å². The number of rotatable bonds is 4. The molecule has 2 nitrogen and oxygen atoms in total. The smallest absolute Gasteiger partial charge is 0.175 e. The molecule has 0 amide bonds. The largest absolute Gasteiger partial charge is 0.293 e. The number of Topliss-reactive ketones (excluding diaryl/α,β-unsaturated/α-hetero) is 1. The van der Waals surface area contributed by atoms with Crippen LogP contribution in [0.5, 0.6) is 0 Å². The van der Waals surface area contributed by atoms with Crippen molar-refractivity contribution >= 4 is 16.6 Å². The van der Waals surface area contributed by atoms with Gasteiger partial charge in [0.25, 0.3) is 0 Å². The number of benzene rings is 2. The Balaban J connectivity index is 2.13. The molecule has 2 aromatic rings. The molecule has 0 aromatic heterocycles. The first-order valence-corrected chi connectivity index (χ1v) is 6.91. The van der Waals surface area contributed by atoms with Crippen molar-refractivity contribution in [1.29, 1.82) is 0 Å². The van der Waals surface area contributed by atoms with Crippen molar-refractivity contribution < 1.29 is 22.2 Å². The average Bonchev–Trinajstić information content (AvgIpc) is 2.42. The van der Waals surface area contributed by atoms with Gasteiger partial charge in [-0.05, 0) is 42.5 Å². The van der Waals surface area contributed by atoms with Crippen LogP contribution >= 0.6 is 0 Å². The molecule has 1 unspecified atom stereocenters. The second-order valence-electron chi connectivity index (χ2n) is 4.00. The zero-order chi connectivity index (χ0) is 14.7. The van der Waals surface area contributed by atoms with Gasteiger partial charge in [0, 0.05) is 10.5 Å². The van der Waals surface area contributed by atoms with Gasteiger partial charge < -0.3 is 0 Å². The van der Waals surface area contributed by atoms with E-state index in [-0.39, 0.29) is 11.3 Å². The Bertz CT molecular complexity index is 669. The molecule has 0 fully saturated rings. The first kappa shape index (κ1) is 14.5. The van der Waals surface area contributed by atoms with Crippen LogP contribution in [0.4, 0.5) is 13.2 Å². The molecule has 0 spiro atoms. The van der Waals surface area contributed by atoms with Gasteiger partial charge in [-0.3, -0.25) is 9.00 Å². The predicted octanol–water partition coefficient (Wildman–Crippen LogP) is 3.09. The molecule has 1 atom stereocenters. The van der Waals surface area contributed by atoms with Gasteiger partial charge in [0.15, 0.2) is 17.4 Å². The zero-order valence-electron chi connectivity index (χ0n) is 10.1. The molecule has 6 heteroatoms. The van der Waals surface area contributed by atoms with Crippen LogP contribution < -0.4 is 0 Å². The Labute approximate surface area is 115 Å². The Morgan fingerprint density at radius 3 is 2.20 bits per heavy atom. The minimum Gasteiger partial charge on any atom is -0.293 e. The van der Waals surface area contributed by atoms with E-state index in [1.54, 1.807) is 0 Å². The molecule has 0 N–H and O–H groups in total. The average molecular weight is 298 g/mol. The summed E-state index contributed by atoms with van der Waals surface area (Å²) in [4.78, 5) is 12.1. The summed E-state index contributed by atoms with van der Waals surface area (Å²) in [6.07, 6.45) is 0. The number of hydrogen-bond acceptors (Lipinski definition) is 2. The lowest BCUT2D eigenvalue weighted by Gasteiger charge is -2.03. The lowest BCUT2D eigenvalue weighted by Crippen LogP contribution is -2.11. The summed E-state index contributed by atoms with van der Waals surface area (Å²) in [6, 6.07) is 7.62. The van der Waals surface area contributed by atoms with Crippen LogP contribution in [0.2, 0.25) is 0 Å². The molecule has 0 aliphatic carbocycles. The highest BCUT2D eigenvalue weighted by atomic mass is 32.2. The topological polar surface area (TPSA) is 34.1 Å². The van der Waals surface area contributed by atoms with Gasteiger partial charge in [0.2, 0.25) is 0 Å². The molecule has 0 saturated heterocycles. The van der Waals surface area contributed by atoms with Gasteiger partial charge in [0.1, 0.15) is 5.82 Å². The quantitative estimate of drug-likeness (QED) is 0.813. The molecule has 2 rings (SSSR count). The molecule has 20 heavy (non-hydrogen) atoms. The Morgan fingerprint density at radius 1 is 0.950 bits per heavy atom. The van der Waals surface area contributed by atoms with Gasteiger partial charge in [-0.1, -0.05) is 0 Å². The fourth-order valence-electron chi connectivity index (χ4n) is 1.54. The third-order valence-electron chi connectivity index (χ3n) is 2.58. The van der Waals surface area contributed by atoms with Crippen LogP contribution in [0.25, 0.3) is 0 Å². The molecule has 0 bridgehead atoms. The predicted molar refractivity (Wildman–Crippen MR) is 68.4 cm³/mol. The van der Waals surface area contributed by atoms with Crippen molar-refractivity contribution in [3.8, 4) is 0 Å². The highest BCUT2D eigenvalue weighted by molar-refractivity contribution is 7.85. The molecule has 0 heterocycles. The summed E-state index contributed by atoms with van der Waals surface area (Å²) in [5.74, 6) is -3.62. The lowest BCUT2D eigenvalue weighted by atomic mass is 10.1. The van der Waals surface area contributed by atoms with E-state index in [4.69, 9.17) is 0 Å². The third-order valence-corrected chi connectivity index (χ3v) is 3.90. The van der Waals surface area contributed by atoms with Crippen molar-refractivity contribution in [3.05, 3.63) is 65.5 Å². The molecule has 104 valence electrons. The fraction of sp³-hybridized carbons (Fsp3) is 0.0714. The molecule has 0 aliphatic rings. The van der Waals surface area contributed by atoms with E-state index in [0.717, 1.165) is 30.3 Å². The van der Waals surface area contributed by atoms with Crippen LogP contribution in [0, 0.1) is 17.5 Å². The van der Waals surface area contributed by atoms with Crippen LogP contribution in [-0.2, 0) is 10.8 Å². The molecule has 2 aromatic carbocycles. The lowest BCUT2D eigenvalue weighted by molar-refractivity contribution is 0.102. The summed E-state index contributed by atoms with van der Waals surface area (Å²) in [5.41, 5.74) is -0.0561. The number of halogens is 3. The van der Waals surface area contributed by atoms with Gasteiger partial charge in [-0.15, -0.1) is 0 Å². The third kappa shape index (κ3) is 3.33. The van der Waals surface area contributed by atoms with Crippen molar-refractivity contribution in [2.24, 2.45) is 0 Å². The van der Waals surface area contributed by atoms with Gasteiger partial charge in [0.05, 0.1) is 16.6 Å². The molecule has 0 radical (unpaired) electrons. The summed E-state index contributed by atoms with van der Waals surface area (Å²) >= 11 is 0. The van der Waals surface area contributed by atoms with Crippen LogP contribution in [-0.4, -0.2) is 15.7 Å². The SMILES string of the molecule is O=C(CS(=O)c1ccc(F)cc1)c1ccc(F)c(F)c1. The second-order valence-corrected chi connectivity index (χ2v) is 5.45. The van der Waals surface area contributed by atoms with E-state index in [0.29, 0.717) is 4.90 Å². The minimum atomic E-state index is -1.67. The summed E-state index contributed by atoms with van der Waals surface area (Å²) in [5, 5.41) is 0. The zero-order valence-corrected chi connectivity index (χ0v) is 10.9. The van der Waals surface area contributed by atoms with Crippen molar-refractivity contribution in [2.45, 2.75) is 4.90 Å². The Kier molecular flexibility index (Phi) is 4.34. The number of ketones is 1. The summed E-state index contributed by atoms with van der Waals surface area (Å²) in [6.45, 7) is 0. The maximum Gasteiger partial charge on any atom is 0.175 e. The van der Waals surface area contributed by atoms with E-state index < -0.39 is 34.0 Å². The van der Waals surface area contributed by atoms with Gasteiger partial charge in [-0.25, -0.2) is 13.2 Å². The summed E-state index contributed by atoms with van der Waals surface area (Å²) in [7, 11) is -1.67. The monoisotopic (exact) mass is 298 g/mol. The second kappa shape index (κ2) is 6.00. The first-order chi connectivity index (χ1) is 9.47. The van der Waals surface area contributed by atoms with Crippen LogP contribution in [0.15, 0.2) is 47.4 Å². The molecular weight excluding hydrogens is 289 g/mol. The Hall–Kier alpha value is -1.95. The van der Waals surface area contributed by atoms with E-state index in [9.17, 15) is 22.2 Å². The molecule has 0 saturated carbocycles. The number of hydrogen-bond donors (Lipinski definition) is 0. The van der Waals surface area contributed by atoms with Crippen LogP contribution in [0.1, 0.15) is 10.4 Å². The van der Waals surface area contributed by atoms with Gasteiger partial charge in [-0.2, -0.15) is 0 Å². The fourth-order valence-corrected chi connectivity index (χ4v) is 2.55. The highest BCUT2D eigenvalue weighted by Gasteiger charge is 2.14. The standard InChI is InChI=1S/C14H9F3O2S/c15-10-2-4-11(5-3-10)20(19)8-14(18)9-1-6-12(16)13(17)7-9/h1-7H,8H2. The number of carbonyl (C=O) groups excluding carboxylic acids is 1. The van der Waals surface area contributed by atoms with E-state index in [2.05, 4.69) is 0 Å². The first-order valence-electron chi connectivity index (χ1n) is 5.59. The van der Waals surface area contributed by atoms with Crippen molar-refractivity contribution in [1.82, 2.24) is 0 Å². The summed E-state index contributed by atoms with van der Waals surface area (Å²) < 4.78 is 50.4. The minimum absolute atomic E-state index is 0.0561. The maximum atomic E-state index is 13.0. The normalized spacial score (nSPS) is 12.2. The molecule has 0 aliphatic heterocycles. The van der Waals surface area contributed by atoms with Crippen LogP contribution in [0.3, 0.4) is 0 Å². The Morgan fingerprint density at radius 2 is 1.60 bits per heavy atom. The number of carbonyl (C=O) groups is 1. The van der Waals surface area contributed by atoms with Crippen molar-refractivity contribution in [3.63, 3.8) is 0 Å². The maximum absolute atomic E-state index is 13.0. The molecular formula is C14H9F3O2S. The van der Waals surface area contributed by atoms with E-state index in [1.807, 2.05) is 0 Å². The highest BCUT2D eigenvalue weighted by Crippen LogP contribution is 2.13.